The van der Waals surface area contributed by atoms with Gasteiger partial charge in [-0.2, -0.15) is 0 Å². The summed E-state index contributed by atoms with van der Waals surface area (Å²) in [5, 5.41) is 10.2. The zero-order chi connectivity index (χ0) is 20.5. The largest absolute Gasteiger partial charge is 0.357 e. The molecule has 0 aliphatic rings. The molecule has 3 amide bonds. The first-order valence-corrected chi connectivity index (χ1v) is 9.72. The quantitative estimate of drug-likeness (QED) is 0.582. The molecule has 150 valence electrons. The Morgan fingerprint density at radius 2 is 1.64 bits per heavy atom. The van der Waals surface area contributed by atoms with Gasteiger partial charge < -0.3 is 16.0 Å². The first-order chi connectivity index (χ1) is 13.4. The van der Waals surface area contributed by atoms with E-state index in [0.29, 0.717) is 24.9 Å². The maximum absolute atomic E-state index is 12.8. The SMILES string of the molecule is CNC(=O)C(CCCCNC(=O)C(C)C)NC(=O)c1cccc2ccccc12. The Hall–Kier alpha value is -2.89. The van der Waals surface area contributed by atoms with Crippen molar-refractivity contribution in [1.29, 1.82) is 0 Å². The molecule has 0 aliphatic carbocycles. The van der Waals surface area contributed by atoms with Crippen molar-refractivity contribution in [3.63, 3.8) is 0 Å². The Morgan fingerprint density at radius 3 is 2.36 bits per heavy atom. The zero-order valence-corrected chi connectivity index (χ0v) is 16.7. The van der Waals surface area contributed by atoms with E-state index in [4.69, 9.17) is 0 Å². The van der Waals surface area contributed by atoms with Gasteiger partial charge in [0.1, 0.15) is 6.04 Å². The van der Waals surface area contributed by atoms with Crippen molar-refractivity contribution >= 4 is 28.5 Å². The van der Waals surface area contributed by atoms with Crippen LogP contribution in [0.5, 0.6) is 0 Å². The predicted octanol–water partition coefficient (Wildman–Crippen LogP) is 2.63. The van der Waals surface area contributed by atoms with Gasteiger partial charge in [-0.1, -0.05) is 50.2 Å². The first-order valence-electron chi connectivity index (χ1n) is 9.72. The summed E-state index contributed by atoms with van der Waals surface area (Å²) >= 11 is 0. The number of carbonyl (C=O) groups excluding carboxylic acids is 3. The van der Waals surface area contributed by atoms with E-state index in [1.54, 1.807) is 13.1 Å². The van der Waals surface area contributed by atoms with Crippen LogP contribution in [0, 0.1) is 5.92 Å². The van der Waals surface area contributed by atoms with Crippen molar-refractivity contribution in [2.24, 2.45) is 5.92 Å². The molecule has 28 heavy (non-hydrogen) atoms. The molecule has 0 fully saturated rings. The summed E-state index contributed by atoms with van der Waals surface area (Å²) in [7, 11) is 1.56. The van der Waals surface area contributed by atoms with Crippen molar-refractivity contribution in [2.75, 3.05) is 13.6 Å². The smallest absolute Gasteiger partial charge is 0.252 e. The van der Waals surface area contributed by atoms with E-state index in [1.807, 2.05) is 50.2 Å². The molecule has 0 bridgehead atoms. The topological polar surface area (TPSA) is 87.3 Å². The minimum Gasteiger partial charge on any atom is -0.357 e. The molecule has 0 aromatic heterocycles. The highest BCUT2D eigenvalue weighted by molar-refractivity contribution is 6.08. The fraction of sp³-hybridized carbons (Fsp3) is 0.409. The highest BCUT2D eigenvalue weighted by Gasteiger charge is 2.21. The maximum atomic E-state index is 12.8. The van der Waals surface area contributed by atoms with Gasteiger partial charge in [-0.05, 0) is 36.1 Å². The molecule has 6 nitrogen and oxygen atoms in total. The van der Waals surface area contributed by atoms with Crippen molar-refractivity contribution in [2.45, 2.75) is 39.2 Å². The van der Waals surface area contributed by atoms with E-state index in [9.17, 15) is 14.4 Å². The molecule has 0 saturated heterocycles. The van der Waals surface area contributed by atoms with Gasteiger partial charge in [0, 0.05) is 25.1 Å². The molecule has 2 aromatic carbocycles. The van der Waals surface area contributed by atoms with Gasteiger partial charge in [-0.3, -0.25) is 14.4 Å². The van der Waals surface area contributed by atoms with E-state index in [2.05, 4.69) is 16.0 Å². The third-order valence-electron chi connectivity index (χ3n) is 4.65. The number of nitrogens with one attached hydrogen (secondary N) is 3. The molecule has 0 aliphatic heterocycles. The molecule has 2 aromatic rings. The number of fused-ring (bicyclic) bond motifs is 1. The molecular formula is C22H29N3O3. The summed E-state index contributed by atoms with van der Waals surface area (Å²) in [6, 6.07) is 12.6. The maximum Gasteiger partial charge on any atom is 0.252 e. The Kier molecular flexibility index (Phi) is 7.99. The molecule has 1 unspecified atom stereocenters. The van der Waals surface area contributed by atoms with Crippen LogP contribution >= 0.6 is 0 Å². The van der Waals surface area contributed by atoms with Gasteiger partial charge in [0.2, 0.25) is 11.8 Å². The van der Waals surface area contributed by atoms with E-state index >= 15 is 0 Å². The monoisotopic (exact) mass is 383 g/mol. The third-order valence-corrected chi connectivity index (χ3v) is 4.65. The van der Waals surface area contributed by atoms with Crippen LogP contribution in [-0.2, 0) is 9.59 Å². The second-order valence-corrected chi connectivity index (χ2v) is 7.11. The van der Waals surface area contributed by atoms with Gasteiger partial charge in [-0.15, -0.1) is 0 Å². The molecule has 0 heterocycles. The predicted molar refractivity (Wildman–Crippen MR) is 111 cm³/mol. The number of amides is 3. The van der Waals surface area contributed by atoms with E-state index in [0.717, 1.165) is 17.2 Å². The van der Waals surface area contributed by atoms with E-state index in [-0.39, 0.29) is 23.6 Å². The molecule has 3 N–H and O–H groups in total. The average Bonchev–Trinajstić information content (AvgIpc) is 2.71. The summed E-state index contributed by atoms with van der Waals surface area (Å²) in [5.74, 6) is -0.510. The fourth-order valence-electron chi connectivity index (χ4n) is 2.99. The highest BCUT2D eigenvalue weighted by atomic mass is 16.2. The normalized spacial score (nSPS) is 11.9. The van der Waals surface area contributed by atoms with Crippen LogP contribution in [0.1, 0.15) is 43.5 Å². The number of benzene rings is 2. The Labute approximate surface area is 166 Å². The summed E-state index contributed by atoms with van der Waals surface area (Å²) < 4.78 is 0. The van der Waals surface area contributed by atoms with Crippen LogP contribution < -0.4 is 16.0 Å². The number of unbranched alkanes of at least 4 members (excludes halogenated alkanes) is 1. The standard InChI is InChI=1S/C22H29N3O3/c1-15(2)20(26)24-14-7-6-13-19(22(28)23-3)25-21(27)18-12-8-10-16-9-4-5-11-17(16)18/h4-5,8-12,15,19H,6-7,13-14H2,1-3H3,(H,23,28)(H,24,26)(H,25,27). The van der Waals surface area contributed by atoms with Crippen LogP contribution in [-0.4, -0.2) is 37.4 Å². The number of rotatable bonds is 9. The van der Waals surface area contributed by atoms with Gasteiger partial charge in [0.25, 0.3) is 5.91 Å². The lowest BCUT2D eigenvalue weighted by Gasteiger charge is -2.18. The van der Waals surface area contributed by atoms with Crippen LogP contribution in [0.2, 0.25) is 0 Å². The van der Waals surface area contributed by atoms with Crippen LogP contribution in [0.25, 0.3) is 10.8 Å². The van der Waals surface area contributed by atoms with Gasteiger partial charge in [0.15, 0.2) is 0 Å². The summed E-state index contributed by atoms with van der Waals surface area (Å²) in [6.45, 7) is 4.26. The zero-order valence-electron chi connectivity index (χ0n) is 16.7. The van der Waals surface area contributed by atoms with Crippen molar-refractivity contribution in [3.05, 3.63) is 48.0 Å². The van der Waals surface area contributed by atoms with Crippen molar-refractivity contribution in [1.82, 2.24) is 16.0 Å². The Morgan fingerprint density at radius 1 is 0.929 bits per heavy atom. The number of likely N-dealkylation sites (N-methyl/N-ethyl adjacent to an activating group) is 1. The lowest BCUT2D eigenvalue weighted by molar-refractivity contribution is -0.124. The Balaban J connectivity index is 1.97. The average molecular weight is 383 g/mol. The van der Waals surface area contributed by atoms with Gasteiger partial charge in [-0.25, -0.2) is 0 Å². The summed E-state index contributed by atoms with van der Waals surface area (Å²) in [5.41, 5.74) is 0.552. The molecular weight excluding hydrogens is 354 g/mol. The van der Waals surface area contributed by atoms with Gasteiger partial charge in [0.05, 0.1) is 0 Å². The minimum atomic E-state index is -0.614. The number of carbonyl (C=O) groups is 3. The Bertz CT molecular complexity index is 827. The van der Waals surface area contributed by atoms with Crippen LogP contribution in [0.15, 0.2) is 42.5 Å². The molecule has 6 heteroatoms. The van der Waals surface area contributed by atoms with E-state index in [1.165, 1.54) is 0 Å². The lowest BCUT2D eigenvalue weighted by Crippen LogP contribution is -2.45. The van der Waals surface area contributed by atoms with Crippen molar-refractivity contribution < 1.29 is 14.4 Å². The molecule has 1 atom stereocenters. The fourth-order valence-corrected chi connectivity index (χ4v) is 2.99. The minimum absolute atomic E-state index is 0.0205. The van der Waals surface area contributed by atoms with Gasteiger partial charge >= 0.3 is 0 Å². The number of hydrogen-bond donors (Lipinski definition) is 3. The van der Waals surface area contributed by atoms with E-state index < -0.39 is 6.04 Å². The second kappa shape index (κ2) is 10.4. The highest BCUT2D eigenvalue weighted by Crippen LogP contribution is 2.18. The molecule has 0 spiro atoms. The second-order valence-electron chi connectivity index (χ2n) is 7.11. The summed E-state index contributed by atoms with van der Waals surface area (Å²) in [6.07, 6.45) is 1.97. The van der Waals surface area contributed by atoms with Crippen molar-refractivity contribution in [3.8, 4) is 0 Å². The third kappa shape index (κ3) is 5.81. The molecule has 2 rings (SSSR count). The van der Waals surface area contributed by atoms with Crippen LogP contribution in [0.4, 0.5) is 0 Å². The molecule has 0 radical (unpaired) electrons. The van der Waals surface area contributed by atoms with Crippen LogP contribution in [0.3, 0.4) is 0 Å². The summed E-state index contributed by atoms with van der Waals surface area (Å²) in [4.78, 5) is 36.6. The lowest BCUT2D eigenvalue weighted by atomic mass is 10.0. The number of hydrogen-bond acceptors (Lipinski definition) is 3. The molecule has 0 saturated carbocycles. The first kappa shape index (κ1) is 21.4.